The van der Waals surface area contributed by atoms with Crippen molar-refractivity contribution >= 4 is 11.8 Å². The molecule has 1 heterocycles. The quantitative estimate of drug-likeness (QED) is 0.848. The van der Waals surface area contributed by atoms with Crippen molar-refractivity contribution in [1.82, 2.24) is 4.98 Å². The largest absolute Gasteiger partial charge is 0.497 e. The molecule has 2 rings (SSSR count). The Morgan fingerprint density at radius 2 is 1.79 bits per heavy atom. The summed E-state index contributed by atoms with van der Waals surface area (Å²) in [6, 6.07) is 7.88. The molecule has 0 aliphatic heterocycles. The molecule has 0 spiro atoms. The molecule has 2 aromatic rings. The van der Waals surface area contributed by atoms with E-state index < -0.39 is 5.97 Å². The normalized spacial score (nSPS) is 9.95. The number of carbonyl (C=O) groups excluding carboxylic acids is 1. The number of aromatic nitrogens is 1. The molecular weight excluding hydrogens is 246 g/mol. The van der Waals surface area contributed by atoms with Crippen LogP contribution in [0.5, 0.6) is 5.75 Å². The Morgan fingerprint density at radius 3 is 2.37 bits per heavy atom. The van der Waals surface area contributed by atoms with Crippen LogP contribution in [0.3, 0.4) is 0 Å². The summed E-state index contributed by atoms with van der Waals surface area (Å²) < 4.78 is 5.00. The van der Waals surface area contributed by atoms with Crippen molar-refractivity contribution in [2.24, 2.45) is 0 Å². The average Bonchev–Trinajstić information content (AvgIpc) is 2.46. The van der Waals surface area contributed by atoms with E-state index in [0.29, 0.717) is 11.3 Å². The zero-order chi connectivity index (χ0) is 13.8. The van der Waals surface area contributed by atoms with Gasteiger partial charge in [0.15, 0.2) is 5.78 Å². The van der Waals surface area contributed by atoms with Crippen LogP contribution in [0.2, 0.25) is 0 Å². The number of pyridine rings is 1. The lowest BCUT2D eigenvalue weighted by Gasteiger charge is -2.05. The maximum absolute atomic E-state index is 12.2. The molecule has 0 aliphatic rings. The van der Waals surface area contributed by atoms with E-state index in [9.17, 15) is 9.59 Å². The van der Waals surface area contributed by atoms with Crippen molar-refractivity contribution in [3.05, 3.63) is 59.4 Å². The van der Waals surface area contributed by atoms with Crippen LogP contribution in [0.4, 0.5) is 0 Å². The SMILES string of the molecule is COc1ccc(C(=O)c2ccncc2C(=O)O)cc1. The number of nitrogens with zero attached hydrogens (tertiary/aromatic N) is 1. The predicted molar refractivity (Wildman–Crippen MR) is 67.6 cm³/mol. The standard InChI is InChI=1S/C14H11NO4/c1-19-10-4-2-9(3-5-10)13(16)11-6-7-15-8-12(11)14(17)18/h2-8H,1H3,(H,17,18). The van der Waals surface area contributed by atoms with Crippen LogP contribution < -0.4 is 4.74 Å². The van der Waals surface area contributed by atoms with Gasteiger partial charge in [-0.05, 0) is 30.3 Å². The minimum absolute atomic E-state index is 0.108. The van der Waals surface area contributed by atoms with Gasteiger partial charge in [0, 0.05) is 23.5 Å². The lowest BCUT2D eigenvalue weighted by atomic mass is 10.0. The number of carboxylic acids is 1. The molecule has 0 atom stereocenters. The van der Waals surface area contributed by atoms with Crippen molar-refractivity contribution < 1.29 is 19.4 Å². The highest BCUT2D eigenvalue weighted by molar-refractivity contribution is 6.14. The maximum atomic E-state index is 12.2. The first-order valence-corrected chi connectivity index (χ1v) is 5.49. The van der Waals surface area contributed by atoms with Crippen LogP contribution >= 0.6 is 0 Å². The summed E-state index contributed by atoms with van der Waals surface area (Å²) >= 11 is 0. The monoisotopic (exact) mass is 257 g/mol. The number of hydrogen-bond donors (Lipinski definition) is 1. The summed E-state index contributed by atoms with van der Waals surface area (Å²) in [5, 5.41) is 9.03. The maximum Gasteiger partial charge on any atom is 0.338 e. The number of ether oxygens (including phenoxy) is 1. The van der Waals surface area contributed by atoms with Crippen LogP contribution in [0.1, 0.15) is 26.3 Å². The smallest absolute Gasteiger partial charge is 0.338 e. The Bertz CT molecular complexity index is 620. The van der Waals surface area contributed by atoms with E-state index in [1.807, 2.05) is 0 Å². The van der Waals surface area contributed by atoms with E-state index in [2.05, 4.69) is 4.98 Å². The van der Waals surface area contributed by atoms with Crippen LogP contribution in [-0.2, 0) is 0 Å². The molecule has 96 valence electrons. The second kappa shape index (κ2) is 5.30. The highest BCUT2D eigenvalue weighted by atomic mass is 16.5. The second-order valence-corrected chi connectivity index (χ2v) is 3.78. The Hall–Kier alpha value is -2.69. The van der Waals surface area contributed by atoms with Crippen molar-refractivity contribution in [3.63, 3.8) is 0 Å². The molecule has 0 unspecified atom stereocenters. The number of methoxy groups -OCH3 is 1. The molecule has 0 aliphatic carbocycles. The van der Waals surface area contributed by atoms with Crippen LogP contribution in [0.25, 0.3) is 0 Å². The third-order valence-electron chi connectivity index (χ3n) is 2.65. The molecule has 0 radical (unpaired) electrons. The zero-order valence-electron chi connectivity index (χ0n) is 10.2. The van der Waals surface area contributed by atoms with E-state index in [1.54, 1.807) is 24.3 Å². The molecule has 0 amide bonds. The highest BCUT2D eigenvalue weighted by Gasteiger charge is 2.17. The molecule has 19 heavy (non-hydrogen) atoms. The summed E-state index contributed by atoms with van der Waals surface area (Å²) in [7, 11) is 1.53. The van der Waals surface area contributed by atoms with Crippen molar-refractivity contribution in [2.75, 3.05) is 7.11 Å². The molecule has 1 aromatic heterocycles. The summed E-state index contributed by atoms with van der Waals surface area (Å²) in [6.45, 7) is 0. The Labute approximate surface area is 109 Å². The van der Waals surface area contributed by atoms with Crippen molar-refractivity contribution in [1.29, 1.82) is 0 Å². The highest BCUT2D eigenvalue weighted by Crippen LogP contribution is 2.17. The molecule has 0 fully saturated rings. The number of hydrogen-bond acceptors (Lipinski definition) is 4. The Morgan fingerprint density at radius 1 is 1.11 bits per heavy atom. The molecular formula is C14H11NO4. The fraction of sp³-hybridized carbons (Fsp3) is 0.0714. The summed E-state index contributed by atoms with van der Waals surface area (Å²) in [6.07, 6.45) is 2.56. The minimum Gasteiger partial charge on any atom is -0.497 e. The van der Waals surface area contributed by atoms with Gasteiger partial charge in [0.1, 0.15) is 5.75 Å². The number of ketones is 1. The first-order chi connectivity index (χ1) is 9.13. The molecule has 1 N–H and O–H groups in total. The average molecular weight is 257 g/mol. The Kier molecular flexibility index (Phi) is 3.56. The van der Waals surface area contributed by atoms with Crippen molar-refractivity contribution in [3.8, 4) is 5.75 Å². The second-order valence-electron chi connectivity index (χ2n) is 3.78. The van der Waals surface area contributed by atoms with Gasteiger partial charge >= 0.3 is 5.97 Å². The van der Waals surface area contributed by atoms with Gasteiger partial charge in [-0.2, -0.15) is 0 Å². The fourth-order valence-electron chi connectivity index (χ4n) is 1.66. The molecule has 5 nitrogen and oxygen atoms in total. The fourth-order valence-corrected chi connectivity index (χ4v) is 1.66. The lowest BCUT2D eigenvalue weighted by molar-refractivity contribution is 0.0692. The topological polar surface area (TPSA) is 76.5 Å². The first kappa shape index (κ1) is 12.8. The van der Waals surface area contributed by atoms with E-state index >= 15 is 0 Å². The van der Waals surface area contributed by atoms with Crippen LogP contribution in [-0.4, -0.2) is 29.0 Å². The van der Waals surface area contributed by atoms with Crippen molar-refractivity contribution in [2.45, 2.75) is 0 Å². The van der Waals surface area contributed by atoms with Gasteiger partial charge in [0.05, 0.1) is 12.7 Å². The van der Waals surface area contributed by atoms with Crippen LogP contribution in [0.15, 0.2) is 42.7 Å². The van der Waals surface area contributed by atoms with E-state index in [-0.39, 0.29) is 16.9 Å². The van der Waals surface area contributed by atoms with Gasteiger partial charge in [-0.15, -0.1) is 0 Å². The molecule has 0 saturated carbocycles. The third-order valence-corrected chi connectivity index (χ3v) is 2.65. The van der Waals surface area contributed by atoms with Gasteiger partial charge in [-0.25, -0.2) is 4.79 Å². The first-order valence-electron chi connectivity index (χ1n) is 5.49. The van der Waals surface area contributed by atoms with Gasteiger partial charge in [-0.1, -0.05) is 0 Å². The molecule has 0 bridgehead atoms. The number of carbonyl (C=O) groups is 2. The van der Waals surface area contributed by atoms with Crippen LogP contribution in [0, 0.1) is 0 Å². The lowest BCUT2D eigenvalue weighted by Crippen LogP contribution is -2.10. The third kappa shape index (κ3) is 2.60. The summed E-state index contributed by atoms with van der Waals surface area (Å²) in [4.78, 5) is 27.0. The molecule has 1 aromatic carbocycles. The summed E-state index contributed by atoms with van der Waals surface area (Å²) in [5.74, 6) is -0.905. The number of rotatable bonds is 4. The molecule has 0 saturated heterocycles. The Balaban J connectivity index is 2.41. The number of benzene rings is 1. The number of aromatic carboxylic acids is 1. The van der Waals surface area contributed by atoms with Gasteiger partial charge in [0.2, 0.25) is 0 Å². The van der Waals surface area contributed by atoms with Gasteiger partial charge in [0.25, 0.3) is 0 Å². The van der Waals surface area contributed by atoms with E-state index in [0.717, 1.165) is 0 Å². The molecule has 5 heteroatoms. The predicted octanol–water partition coefficient (Wildman–Crippen LogP) is 2.02. The van der Waals surface area contributed by atoms with Gasteiger partial charge < -0.3 is 9.84 Å². The zero-order valence-corrected chi connectivity index (χ0v) is 10.2. The van der Waals surface area contributed by atoms with Gasteiger partial charge in [-0.3, -0.25) is 9.78 Å². The number of carboxylic acid groups (broad SMARTS) is 1. The summed E-state index contributed by atoms with van der Waals surface area (Å²) in [5.41, 5.74) is 0.408. The van der Waals surface area contributed by atoms with E-state index in [4.69, 9.17) is 9.84 Å². The minimum atomic E-state index is -1.18. The van der Waals surface area contributed by atoms with E-state index in [1.165, 1.54) is 25.6 Å².